The Kier molecular flexibility index (Phi) is 4.64. The van der Waals surface area contributed by atoms with Gasteiger partial charge < -0.3 is 14.6 Å². The van der Waals surface area contributed by atoms with E-state index in [1.165, 1.54) is 27.7 Å². The van der Waals surface area contributed by atoms with E-state index in [9.17, 15) is 0 Å². The molecule has 3 aromatic rings. The first-order chi connectivity index (χ1) is 12.3. The Morgan fingerprint density at radius 1 is 1.28 bits per heavy atom. The number of fused-ring (bicyclic) bond motifs is 3. The Morgan fingerprint density at radius 3 is 3.00 bits per heavy atom. The molecular weight excluding hydrogens is 334 g/mol. The van der Waals surface area contributed by atoms with Crippen LogP contribution in [0.15, 0.2) is 36.5 Å². The SMILES string of the molecule is CCOc1ccc(CCn2c3c(c4cc(Cl)ccc42)CNCC3)cn1. The van der Waals surface area contributed by atoms with Crippen LogP contribution < -0.4 is 10.1 Å². The number of halogens is 1. The third-order valence-electron chi connectivity index (χ3n) is 4.80. The molecule has 130 valence electrons. The van der Waals surface area contributed by atoms with Crippen LogP contribution in [-0.4, -0.2) is 22.7 Å². The van der Waals surface area contributed by atoms with E-state index in [1.807, 2.05) is 25.3 Å². The van der Waals surface area contributed by atoms with Crippen LogP contribution in [0, 0.1) is 0 Å². The average molecular weight is 356 g/mol. The standard InChI is InChI=1S/C20H22ClN3O/c1-2-25-20-6-3-14(12-23-20)8-10-24-18-5-4-15(21)11-16(18)17-13-22-9-7-19(17)24/h3-6,11-12,22H,2,7-10,13H2,1H3. The predicted octanol–water partition coefficient (Wildman–Crippen LogP) is 3.98. The molecule has 25 heavy (non-hydrogen) atoms. The number of nitrogens with one attached hydrogen (secondary N) is 1. The van der Waals surface area contributed by atoms with Crippen LogP contribution in [0.5, 0.6) is 5.88 Å². The lowest BCUT2D eigenvalue weighted by molar-refractivity contribution is 0.326. The van der Waals surface area contributed by atoms with Gasteiger partial charge >= 0.3 is 0 Å². The quantitative estimate of drug-likeness (QED) is 0.752. The van der Waals surface area contributed by atoms with Crippen molar-refractivity contribution in [2.75, 3.05) is 13.2 Å². The van der Waals surface area contributed by atoms with E-state index < -0.39 is 0 Å². The van der Waals surface area contributed by atoms with E-state index in [2.05, 4.69) is 33.1 Å². The molecule has 4 nitrogen and oxygen atoms in total. The lowest BCUT2D eigenvalue weighted by atomic mass is 10.1. The minimum Gasteiger partial charge on any atom is -0.478 e. The van der Waals surface area contributed by atoms with Gasteiger partial charge in [-0.3, -0.25) is 0 Å². The maximum absolute atomic E-state index is 6.23. The summed E-state index contributed by atoms with van der Waals surface area (Å²) in [5.41, 5.74) is 5.34. The van der Waals surface area contributed by atoms with E-state index in [0.29, 0.717) is 12.5 Å². The van der Waals surface area contributed by atoms with Gasteiger partial charge in [0.05, 0.1) is 6.61 Å². The molecule has 1 aliphatic rings. The molecule has 0 unspecified atom stereocenters. The van der Waals surface area contributed by atoms with Crippen LogP contribution in [0.2, 0.25) is 5.02 Å². The highest BCUT2D eigenvalue weighted by molar-refractivity contribution is 6.31. The first-order valence-corrected chi connectivity index (χ1v) is 9.22. The van der Waals surface area contributed by atoms with E-state index in [0.717, 1.165) is 37.5 Å². The normalized spacial score (nSPS) is 13.8. The van der Waals surface area contributed by atoms with Gasteiger partial charge in [-0.05, 0) is 42.7 Å². The van der Waals surface area contributed by atoms with Crippen molar-refractivity contribution in [2.24, 2.45) is 0 Å². The molecule has 0 fully saturated rings. The van der Waals surface area contributed by atoms with Gasteiger partial charge in [-0.2, -0.15) is 0 Å². The number of pyridine rings is 1. The molecule has 3 heterocycles. The van der Waals surface area contributed by atoms with Gasteiger partial charge in [0.1, 0.15) is 0 Å². The highest BCUT2D eigenvalue weighted by Crippen LogP contribution is 2.31. The van der Waals surface area contributed by atoms with Gasteiger partial charge in [-0.15, -0.1) is 0 Å². The van der Waals surface area contributed by atoms with E-state index in [1.54, 1.807) is 0 Å². The Hall–Kier alpha value is -2.04. The van der Waals surface area contributed by atoms with Crippen molar-refractivity contribution >= 4 is 22.5 Å². The number of aromatic nitrogens is 2. The Bertz CT molecular complexity index is 886. The molecule has 0 atom stereocenters. The summed E-state index contributed by atoms with van der Waals surface area (Å²) < 4.78 is 7.88. The first-order valence-electron chi connectivity index (χ1n) is 8.84. The summed E-state index contributed by atoms with van der Waals surface area (Å²) in [6.07, 6.45) is 3.93. The molecule has 1 aliphatic heterocycles. The zero-order valence-corrected chi connectivity index (χ0v) is 15.1. The smallest absolute Gasteiger partial charge is 0.213 e. The topological polar surface area (TPSA) is 39.1 Å². The van der Waals surface area contributed by atoms with Crippen LogP contribution >= 0.6 is 11.6 Å². The summed E-state index contributed by atoms with van der Waals surface area (Å²) in [6.45, 7) is 5.51. The van der Waals surface area contributed by atoms with Gasteiger partial charge in [0.15, 0.2) is 0 Å². The van der Waals surface area contributed by atoms with Gasteiger partial charge in [-0.1, -0.05) is 17.7 Å². The molecule has 0 saturated heterocycles. The minimum absolute atomic E-state index is 0.643. The van der Waals surface area contributed by atoms with Crippen LogP contribution in [0.25, 0.3) is 10.9 Å². The van der Waals surface area contributed by atoms with Crippen LogP contribution in [0.4, 0.5) is 0 Å². The Labute approximate surface area is 152 Å². The number of hydrogen-bond donors (Lipinski definition) is 1. The average Bonchev–Trinajstić information content (AvgIpc) is 2.95. The summed E-state index contributed by atoms with van der Waals surface area (Å²) in [5.74, 6) is 0.691. The Balaban J connectivity index is 1.62. The van der Waals surface area contributed by atoms with Crippen molar-refractivity contribution in [3.8, 4) is 5.88 Å². The fourth-order valence-electron chi connectivity index (χ4n) is 3.64. The zero-order chi connectivity index (χ0) is 17.2. The lowest BCUT2D eigenvalue weighted by Gasteiger charge is -2.17. The van der Waals surface area contributed by atoms with Crippen molar-refractivity contribution in [1.82, 2.24) is 14.9 Å². The van der Waals surface area contributed by atoms with E-state index >= 15 is 0 Å². The van der Waals surface area contributed by atoms with Crippen molar-refractivity contribution in [3.63, 3.8) is 0 Å². The van der Waals surface area contributed by atoms with Crippen LogP contribution in [0.3, 0.4) is 0 Å². The highest BCUT2D eigenvalue weighted by atomic mass is 35.5. The summed E-state index contributed by atoms with van der Waals surface area (Å²) in [4.78, 5) is 4.37. The second-order valence-electron chi connectivity index (χ2n) is 6.35. The molecule has 5 heteroatoms. The summed E-state index contributed by atoms with van der Waals surface area (Å²) >= 11 is 6.23. The second kappa shape index (κ2) is 7.06. The lowest BCUT2D eigenvalue weighted by Crippen LogP contribution is -2.24. The number of benzene rings is 1. The number of hydrogen-bond acceptors (Lipinski definition) is 3. The maximum Gasteiger partial charge on any atom is 0.213 e. The highest BCUT2D eigenvalue weighted by Gasteiger charge is 2.19. The van der Waals surface area contributed by atoms with Crippen molar-refractivity contribution in [3.05, 3.63) is 58.4 Å². The van der Waals surface area contributed by atoms with Gasteiger partial charge in [0.2, 0.25) is 5.88 Å². The van der Waals surface area contributed by atoms with Crippen molar-refractivity contribution in [2.45, 2.75) is 32.9 Å². The molecule has 4 rings (SSSR count). The maximum atomic E-state index is 6.23. The number of rotatable bonds is 5. The van der Waals surface area contributed by atoms with Crippen molar-refractivity contribution in [1.29, 1.82) is 0 Å². The number of aryl methyl sites for hydroxylation is 2. The monoisotopic (exact) mass is 355 g/mol. The molecule has 0 radical (unpaired) electrons. The summed E-state index contributed by atoms with van der Waals surface area (Å²) in [5, 5.41) is 5.55. The number of ether oxygens (including phenoxy) is 1. The third kappa shape index (κ3) is 3.24. The molecule has 0 bridgehead atoms. The Morgan fingerprint density at radius 2 is 2.20 bits per heavy atom. The van der Waals surface area contributed by atoms with Crippen LogP contribution in [0.1, 0.15) is 23.7 Å². The van der Waals surface area contributed by atoms with Gasteiger partial charge in [-0.25, -0.2) is 4.98 Å². The summed E-state index contributed by atoms with van der Waals surface area (Å²) in [6, 6.07) is 10.3. The molecule has 0 aliphatic carbocycles. The fourth-order valence-corrected chi connectivity index (χ4v) is 3.81. The fraction of sp³-hybridized carbons (Fsp3) is 0.350. The third-order valence-corrected chi connectivity index (χ3v) is 5.04. The largest absolute Gasteiger partial charge is 0.478 e. The van der Waals surface area contributed by atoms with Gasteiger partial charge in [0, 0.05) is 59.9 Å². The predicted molar refractivity (Wildman–Crippen MR) is 101 cm³/mol. The first kappa shape index (κ1) is 16.4. The number of nitrogens with zero attached hydrogens (tertiary/aromatic N) is 2. The zero-order valence-electron chi connectivity index (χ0n) is 14.4. The molecule has 1 N–H and O–H groups in total. The summed E-state index contributed by atoms with van der Waals surface area (Å²) in [7, 11) is 0. The molecule has 1 aromatic carbocycles. The van der Waals surface area contributed by atoms with Gasteiger partial charge in [0.25, 0.3) is 0 Å². The van der Waals surface area contributed by atoms with E-state index in [4.69, 9.17) is 16.3 Å². The molecular formula is C20H22ClN3O. The van der Waals surface area contributed by atoms with Crippen molar-refractivity contribution < 1.29 is 4.74 Å². The molecule has 0 spiro atoms. The van der Waals surface area contributed by atoms with E-state index in [-0.39, 0.29) is 0 Å². The second-order valence-corrected chi connectivity index (χ2v) is 6.79. The van der Waals surface area contributed by atoms with Crippen LogP contribution in [-0.2, 0) is 25.9 Å². The molecule has 0 saturated carbocycles. The molecule has 2 aromatic heterocycles. The molecule has 0 amide bonds. The minimum atomic E-state index is 0.643.